The summed E-state index contributed by atoms with van der Waals surface area (Å²) >= 11 is 0. The second kappa shape index (κ2) is 6.63. The molecule has 3 aromatic rings. The van der Waals surface area contributed by atoms with Crippen molar-refractivity contribution in [3.8, 4) is 11.5 Å². The monoisotopic (exact) mass is 336 g/mol. The molecule has 0 atom stereocenters. The first kappa shape index (κ1) is 15.8. The summed E-state index contributed by atoms with van der Waals surface area (Å²) in [6.45, 7) is 2.81. The maximum absolute atomic E-state index is 11.9. The molecule has 1 aliphatic carbocycles. The SMILES string of the molecule is CCOc1ccccc1OCc1cc(=O)oc2cc3c(cc12)CCC3. The standard InChI is InChI=1S/C21H20O4/c1-2-23-18-8-3-4-9-19(18)24-13-16-12-21(22)25-20-11-15-7-5-6-14(15)10-17(16)20/h3-4,8-12H,2,5-7,13H2,1H3. The van der Waals surface area contributed by atoms with Crippen LogP contribution in [0.1, 0.15) is 30.0 Å². The van der Waals surface area contributed by atoms with Crippen molar-refractivity contribution in [3.63, 3.8) is 0 Å². The normalized spacial score (nSPS) is 13.0. The Labute approximate surface area is 146 Å². The van der Waals surface area contributed by atoms with Crippen LogP contribution in [-0.2, 0) is 19.4 Å². The van der Waals surface area contributed by atoms with Crippen LogP contribution < -0.4 is 15.1 Å². The summed E-state index contributed by atoms with van der Waals surface area (Å²) in [7, 11) is 0. The molecule has 4 rings (SSSR count). The molecule has 0 aliphatic heterocycles. The number of hydrogen-bond donors (Lipinski definition) is 0. The summed E-state index contributed by atoms with van der Waals surface area (Å²) in [6, 6.07) is 13.2. The van der Waals surface area contributed by atoms with Gasteiger partial charge < -0.3 is 13.9 Å². The topological polar surface area (TPSA) is 48.7 Å². The number of ether oxygens (including phenoxy) is 2. The first-order valence-electron chi connectivity index (χ1n) is 8.68. The van der Waals surface area contributed by atoms with E-state index in [0.717, 1.165) is 30.2 Å². The Morgan fingerprint density at radius 1 is 1.00 bits per heavy atom. The Bertz CT molecular complexity index is 971. The molecule has 0 radical (unpaired) electrons. The van der Waals surface area contributed by atoms with Crippen LogP contribution >= 0.6 is 0 Å². The van der Waals surface area contributed by atoms with E-state index in [0.29, 0.717) is 30.3 Å². The van der Waals surface area contributed by atoms with Crippen LogP contribution in [0.25, 0.3) is 11.0 Å². The van der Waals surface area contributed by atoms with Crippen LogP contribution in [0, 0.1) is 0 Å². The van der Waals surface area contributed by atoms with E-state index in [4.69, 9.17) is 13.9 Å². The van der Waals surface area contributed by atoms with Gasteiger partial charge in [0.2, 0.25) is 0 Å². The van der Waals surface area contributed by atoms with Crippen molar-refractivity contribution in [1.29, 1.82) is 0 Å². The highest BCUT2D eigenvalue weighted by atomic mass is 16.5. The molecule has 0 N–H and O–H groups in total. The van der Waals surface area contributed by atoms with Gasteiger partial charge in [0.15, 0.2) is 11.5 Å². The number of aryl methyl sites for hydroxylation is 2. The van der Waals surface area contributed by atoms with Crippen molar-refractivity contribution >= 4 is 11.0 Å². The van der Waals surface area contributed by atoms with Crippen LogP contribution in [0.3, 0.4) is 0 Å². The lowest BCUT2D eigenvalue weighted by molar-refractivity contribution is 0.269. The lowest BCUT2D eigenvalue weighted by Gasteiger charge is -2.13. The van der Waals surface area contributed by atoms with Gasteiger partial charge in [0, 0.05) is 17.0 Å². The van der Waals surface area contributed by atoms with Crippen LogP contribution in [-0.4, -0.2) is 6.61 Å². The van der Waals surface area contributed by atoms with Gasteiger partial charge in [-0.15, -0.1) is 0 Å². The summed E-state index contributed by atoms with van der Waals surface area (Å²) in [6.07, 6.45) is 3.29. The summed E-state index contributed by atoms with van der Waals surface area (Å²) < 4.78 is 17.0. The summed E-state index contributed by atoms with van der Waals surface area (Å²) in [4.78, 5) is 11.9. The van der Waals surface area contributed by atoms with Crippen molar-refractivity contribution in [2.24, 2.45) is 0 Å². The average Bonchev–Trinajstić information content (AvgIpc) is 3.06. The minimum atomic E-state index is -0.345. The minimum Gasteiger partial charge on any atom is -0.490 e. The van der Waals surface area contributed by atoms with E-state index in [1.807, 2.05) is 37.3 Å². The lowest BCUT2D eigenvalue weighted by atomic mass is 10.0. The van der Waals surface area contributed by atoms with Crippen molar-refractivity contribution < 1.29 is 13.9 Å². The molecule has 25 heavy (non-hydrogen) atoms. The van der Waals surface area contributed by atoms with E-state index >= 15 is 0 Å². The fourth-order valence-corrected chi connectivity index (χ4v) is 3.41. The zero-order valence-corrected chi connectivity index (χ0v) is 14.2. The number of rotatable bonds is 5. The number of para-hydroxylation sites is 2. The predicted octanol–water partition coefficient (Wildman–Crippen LogP) is 4.26. The molecular formula is C21H20O4. The van der Waals surface area contributed by atoms with E-state index in [1.54, 1.807) is 0 Å². The molecule has 0 saturated heterocycles. The maximum Gasteiger partial charge on any atom is 0.336 e. The van der Waals surface area contributed by atoms with Crippen molar-refractivity contribution in [2.75, 3.05) is 6.61 Å². The van der Waals surface area contributed by atoms with Gasteiger partial charge in [-0.05, 0) is 61.6 Å². The second-order valence-corrected chi connectivity index (χ2v) is 6.23. The lowest BCUT2D eigenvalue weighted by Crippen LogP contribution is -2.05. The Kier molecular flexibility index (Phi) is 4.18. The van der Waals surface area contributed by atoms with E-state index in [9.17, 15) is 4.79 Å². The van der Waals surface area contributed by atoms with Gasteiger partial charge in [0.25, 0.3) is 0 Å². The van der Waals surface area contributed by atoms with Gasteiger partial charge in [-0.3, -0.25) is 0 Å². The minimum absolute atomic E-state index is 0.297. The van der Waals surface area contributed by atoms with Crippen molar-refractivity contribution in [2.45, 2.75) is 32.8 Å². The molecule has 0 spiro atoms. The summed E-state index contributed by atoms with van der Waals surface area (Å²) in [5, 5.41) is 0.953. The molecule has 4 heteroatoms. The van der Waals surface area contributed by atoms with E-state index < -0.39 is 0 Å². The number of benzene rings is 2. The first-order valence-corrected chi connectivity index (χ1v) is 8.68. The molecule has 0 saturated carbocycles. The molecule has 1 aromatic heterocycles. The smallest absolute Gasteiger partial charge is 0.336 e. The van der Waals surface area contributed by atoms with Gasteiger partial charge in [0.05, 0.1) is 6.61 Å². The van der Waals surface area contributed by atoms with Gasteiger partial charge in [-0.2, -0.15) is 0 Å². The first-order chi connectivity index (χ1) is 12.2. The Morgan fingerprint density at radius 2 is 1.72 bits per heavy atom. The second-order valence-electron chi connectivity index (χ2n) is 6.23. The third kappa shape index (κ3) is 3.12. The Hall–Kier alpha value is -2.75. The number of fused-ring (bicyclic) bond motifs is 2. The fraction of sp³-hybridized carbons (Fsp3) is 0.286. The van der Waals surface area contributed by atoms with Crippen LogP contribution in [0.2, 0.25) is 0 Å². The molecule has 1 heterocycles. The Balaban J connectivity index is 1.69. The Morgan fingerprint density at radius 3 is 2.48 bits per heavy atom. The highest BCUT2D eigenvalue weighted by Crippen LogP contribution is 2.30. The fourth-order valence-electron chi connectivity index (χ4n) is 3.41. The van der Waals surface area contributed by atoms with Crippen molar-refractivity contribution in [1.82, 2.24) is 0 Å². The largest absolute Gasteiger partial charge is 0.490 e. The molecule has 0 fully saturated rings. The molecule has 0 unspecified atom stereocenters. The van der Waals surface area contributed by atoms with Crippen LogP contribution in [0.5, 0.6) is 11.5 Å². The molecule has 0 bridgehead atoms. The molecule has 2 aromatic carbocycles. The molecule has 4 nitrogen and oxygen atoms in total. The summed E-state index contributed by atoms with van der Waals surface area (Å²) in [5.41, 5.74) is 3.77. The molecule has 128 valence electrons. The third-order valence-corrected chi connectivity index (χ3v) is 4.57. The molecular weight excluding hydrogens is 316 g/mol. The van der Waals surface area contributed by atoms with E-state index in [1.165, 1.54) is 17.2 Å². The van der Waals surface area contributed by atoms with Gasteiger partial charge >= 0.3 is 5.63 Å². The maximum atomic E-state index is 11.9. The predicted molar refractivity (Wildman–Crippen MR) is 96.5 cm³/mol. The molecule has 1 aliphatic rings. The zero-order chi connectivity index (χ0) is 17.2. The summed E-state index contributed by atoms with van der Waals surface area (Å²) in [5.74, 6) is 1.38. The van der Waals surface area contributed by atoms with Gasteiger partial charge in [-0.25, -0.2) is 4.79 Å². The van der Waals surface area contributed by atoms with Crippen molar-refractivity contribution in [3.05, 3.63) is 69.6 Å². The quantitative estimate of drug-likeness (QED) is 0.653. The van der Waals surface area contributed by atoms with Gasteiger partial charge in [0.1, 0.15) is 12.2 Å². The highest BCUT2D eigenvalue weighted by Gasteiger charge is 2.15. The van der Waals surface area contributed by atoms with E-state index in [-0.39, 0.29) is 5.63 Å². The average molecular weight is 336 g/mol. The zero-order valence-electron chi connectivity index (χ0n) is 14.2. The molecule has 0 amide bonds. The van der Waals surface area contributed by atoms with Gasteiger partial charge in [-0.1, -0.05) is 12.1 Å². The van der Waals surface area contributed by atoms with E-state index in [2.05, 4.69) is 6.07 Å². The van der Waals surface area contributed by atoms with Crippen LogP contribution in [0.15, 0.2) is 51.7 Å². The van der Waals surface area contributed by atoms with Crippen LogP contribution in [0.4, 0.5) is 0 Å². The third-order valence-electron chi connectivity index (χ3n) is 4.57. The number of hydrogen-bond acceptors (Lipinski definition) is 4. The highest BCUT2D eigenvalue weighted by molar-refractivity contribution is 5.82.